The zero-order valence-electron chi connectivity index (χ0n) is 13.1. The van der Waals surface area contributed by atoms with Gasteiger partial charge in [0.25, 0.3) is 5.91 Å². The molecule has 0 fully saturated rings. The Labute approximate surface area is 141 Å². The summed E-state index contributed by atoms with van der Waals surface area (Å²) in [5, 5.41) is 6.74. The predicted molar refractivity (Wildman–Crippen MR) is 85.5 cm³/mol. The zero-order chi connectivity index (χ0) is 18.0. The van der Waals surface area contributed by atoms with Crippen LogP contribution < -0.4 is 5.32 Å². The Hall–Kier alpha value is -3.16. The fourth-order valence-corrected chi connectivity index (χ4v) is 2.34. The number of anilines is 1. The number of benzene rings is 1. The van der Waals surface area contributed by atoms with Crippen LogP contribution in [0.2, 0.25) is 0 Å². The van der Waals surface area contributed by atoms with Crippen molar-refractivity contribution in [2.75, 3.05) is 5.32 Å². The van der Waals surface area contributed by atoms with E-state index in [0.717, 1.165) is 12.1 Å². The molecule has 8 heteroatoms. The van der Waals surface area contributed by atoms with Gasteiger partial charge in [0.1, 0.15) is 0 Å². The lowest BCUT2D eigenvalue weighted by Crippen LogP contribution is -2.13. The van der Waals surface area contributed by atoms with Gasteiger partial charge in [-0.25, -0.2) is 4.68 Å². The molecule has 25 heavy (non-hydrogen) atoms. The smallest absolute Gasteiger partial charge is 0.322 e. The Morgan fingerprint density at radius 1 is 1.16 bits per heavy atom. The second kappa shape index (κ2) is 6.39. The predicted octanol–water partition coefficient (Wildman–Crippen LogP) is 3.85. The van der Waals surface area contributed by atoms with Crippen molar-refractivity contribution in [1.29, 1.82) is 0 Å². The van der Waals surface area contributed by atoms with E-state index in [1.807, 2.05) is 0 Å². The number of amides is 1. The maximum Gasteiger partial charge on any atom is 0.416 e. The second-order valence-electron chi connectivity index (χ2n) is 5.29. The van der Waals surface area contributed by atoms with Crippen LogP contribution in [0, 0.1) is 6.92 Å². The molecule has 5 nitrogen and oxygen atoms in total. The van der Waals surface area contributed by atoms with Gasteiger partial charge in [-0.1, -0.05) is 6.07 Å². The molecule has 2 heterocycles. The first kappa shape index (κ1) is 16.7. The number of pyridine rings is 1. The van der Waals surface area contributed by atoms with Crippen LogP contribution in [0.25, 0.3) is 5.69 Å². The van der Waals surface area contributed by atoms with E-state index in [4.69, 9.17) is 0 Å². The van der Waals surface area contributed by atoms with Crippen molar-refractivity contribution in [1.82, 2.24) is 14.8 Å². The number of nitrogens with zero attached hydrogens (tertiary/aromatic N) is 3. The summed E-state index contributed by atoms with van der Waals surface area (Å²) in [4.78, 5) is 16.2. The molecule has 2 aromatic heterocycles. The molecular weight excluding hydrogens is 333 g/mol. The monoisotopic (exact) mass is 346 g/mol. The standard InChI is InChI=1S/C17H13F3N4O/c1-11-15(16(25)23-13-5-7-21-8-6-13)10-22-24(11)14-4-2-3-12(9-14)17(18,19)20/h2-10H,1H3,(H,21,23,25). The number of rotatable bonds is 3. The van der Waals surface area contributed by atoms with Crippen LogP contribution in [0.5, 0.6) is 0 Å². The molecule has 0 spiro atoms. The lowest BCUT2D eigenvalue weighted by Gasteiger charge is -2.10. The van der Waals surface area contributed by atoms with Gasteiger partial charge in [0.15, 0.2) is 0 Å². The van der Waals surface area contributed by atoms with E-state index in [0.29, 0.717) is 11.4 Å². The minimum Gasteiger partial charge on any atom is -0.322 e. The highest BCUT2D eigenvalue weighted by Gasteiger charge is 2.30. The van der Waals surface area contributed by atoms with Gasteiger partial charge < -0.3 is 5.32 Å². The van der Waals surface area contributed by atoms with Gasteiger partial charge in [-0.05, 0) is 37.3 Å². The number of carbonyl (C=O) groups is 1. The number of aromatic nitrogens is 3. The Morgan fingerprint density at radius 2 is 1.88 bits per heavy atom. The summed E-state index contributed by atoms with van der Waals surface area (Å²) >= 11 is 0. The molecule has 0 aliphatic rings. The Balaban J connectivity index is 1.90. The number of alkyl halides is 3. The third kappa shape index (κ3) is 3.52. The molecule has 0 radical (unpaired) electrons. The van der Waals surface area contributed by atoms with Crippen molar-refractivity contribution in [2.24, 2.45) is 0 Å². The molecule has 0 atom stereocenters. The molecule has 1 amide bonds. The first-order chi connectivity index (χ1) is 11.9. The number of hydrogen-bond acceptors (Lipinski definition) is 3. The second-order valence-corrected chi connectivity index (χ2v) is 5.29. The van der Waals surface area contributed by atoms with Gasteiger partial charge in [-0.15, -0.1) is 0 Å². The van der Waals surface area contributed by atoms with Gasteiger partial charge in [0.2, 0.25) is 0 Å². The minimum absolute atomic E-state index is 0.232. The van der Waals surface area contributed by atoms with Crippen LogP contribution in [0.1, 0.15) is 21.6 Å². The van der Waals surface area contributed by atoms with Crippen molar-refractivity contribution in [2.45, 2.75) is 13.1 Å². The first-order valence-corrected chi connectivity index (χ1v) is 7.30. The fourth-order valence-electron chi connectivity index (χ4n) is 2.34. The molecule has 1 aromatic carbocycles. The number of halogens is 3. The normalized spacial score (nSPS) is 11.4. The maximum absolute atomic E-state index is 12.9. The molecule has 0 aliphatic carbocycles. The first-order valence-electron chi connectivity index (χ1n) is 7.30. The SMILES string of the molecule is Cc1c(C(=O)Nc2ccncc2)cnn1-c1cccc(C(F)(F)F)c1. The van der Waals surface area contributed by atoms with E-state index in [1.54, 1.807) is 19.1 Å². The number of nitrogens with one attached hydrogen (secondary N) is 1. The summed E-state index contributed by atoms with van der Waals surface area (Å²) in [6, 6.07) is 8.04. The van der Waals surface area contributed by atoms with Gasteiger partial charge in [-0.2, -0.15) is 18.3 Å². The summed E-state index contributed by atoms with van der Waals surface area (Å²) < 4.78 is 39.9. The largest absolute Gasteiger partial charge is 0.416 e. The molecule has 0 bridgehead atoms. The van der Waals surface area contributed by atoms with Crippen LogP contribution in [-0.4, -0.2) is 20.7 Å². The summed E-state index contributed by atoms with van der Waals surface area (Å²) in [5.41, 5.74) is 0.726. The van der Waals surface area contributed by atoms with Gasteiger partial charge >= 0.3 is 6.18 Å². The lowest BCUT2D eigenvalue weighted by atomic mass is 10.2. The van der Waals surface area contributed by atoms with E-state index in [9.17, 15) is 18.0 Å². The highest BCUT2D eigenvalue weighted by atomic mass is 19.4. The summed E-state index contributed by atoms with van der Waals surface area (Å²) in [6.45, 7) is 1.62. The molecule has 3 aromatic rings. The van der Waals surface area contributed by atoms with E-state index < -0.39 is 17.6 Å². The average Bonchev–Trinajstić information content (AvgIpc) is 2.97. The molecule has 0 unspecified atom stereocenters. The topological polar surface area (TPSA) is 59.8 Å². The number of hydrogen-bond donors (Lipinski definition) is 1. The van der Waals surface area contributed by atoms with Gasteiger partial charge in [0, 0.05) is 18.1 Å². The van der Waals surface area contributed by atoms with Crippen LogP contribution in [-0.2, 0) is 6.18 Å². The summed E-state index contributed by atoms with van der Waals surface area (Å²) in [7, 11) is 0. The van der Waals surface area contributed by atoms with Crippen LogP contribution in [0.15, 0.2) is 55.0 Å². The van der Waals surface area contributed by atoms with Crippen LogP contribution in [0.4, 0.5) is 18.9 Å². The average molecular weight is 346 g/mol. The third-order valence-corrected chi connectivity index (χ3v) is 3.61. The molecule has 0 saturated carbocycles. The zero-order valence-corrected chi connectivity index (χ0v) is 13.1. The molecule has 0 aliphatic heterocycles. The van der Waals surface area contributed by atoms with Crippen molar-refractivity contribution >= 4 is 11.6 Å². The quantitative estimate of drug-likeness (QED) is 0.784. The van der Waals surface area contributed by atoms with Gasteiger partial charge in [0.05, 0.1) is 28.7 Å². The molecule has 128 valence electrons. The molecule has 3 rings (SSSR count). The van der Waals surface area contributed by atoms with Gasteiger partial charge in [-0.3, -0.25) is 9.78 Å². The minimum atomic E-state index is -4.45. The Bertz CT molecular complexity index is 904. The van der Waals surface area contributed by atoms with Crippen molar-refractivity contribution in [3.8, 4) is 5.69 Å². The molecule has 0 saturated heterocycles. The van der Waals surface area contributed by atoms with E-state index >= 15 is 0 Å². The highest BCUT2D eigenvalue weighted by molar-refractivity contribution is 6.04. The molecular formula is C17H13F3N4O. The number of carbonyl (C=O) groups excluding carboxylic acids is 1. The van der Waals surface area contributed by atoms with E-state index in [2.05, 4.69) is 15.4 Å². The third-order valence-electron chi connectivity index (χ3n) is 3.61. The van der Waals surface area contributed by atoms with Crippen LogP contribution in [0.3, 0.4) is 0 Å². The lowest BCUT2D eigenvalue weighted by molar-refractivity contribution is -0.137. The van der Waals surface area contributed by atoms with E-state index in [-0.39, 0.29) is 11.3 Å². The fraction of sp³-hybridized carbons (Fsp3) is 0.118. The molecule has 1 N–H and O–H groups in total. The highest BCUT2D eigenvalue weighted by Crippen LogP contribution is 2.30. The maximum atomic E-state index is 12.9. The van der Waals surface area contributed by atoms with Crippen molar-refractivity contribution in [3.05, 3.63) is 71.8 Å². The Kier molecular flexibility index (Phi) is 4.26. The van der Waals surface area contributed by atoms with Crippen molar-refractivity contribution in [3.63, 3.8) is 0 Å². The van der Waals surface area contributed by atoms with E-state index in [1.165, 1.54) is 35.4 Å². The summed E-state index contributed by atoms with van der Waals surface area (Å²) in [6.07, 6.45) is -0.0478. The Morgan fingerprint density at radius 3 is 2.56 bits per heavy atom. The van der Waals surface area contributed by atoms with Crippen LogP contribution >= 0.6 is 0 Å². The summed E-state index contributed by atoms with van der Waals surface area (Å²) in [5.74, 6) is -0.401. The van der Waals surface area contributed by atoms with Crippen molar-refractivity contribution < 1.29 is 18.0 Å².